The minimum atomic E-state index is -4.38. The first-order valence-electron chi connectivity index (χ1n) is 21.7. The fourth-order valence-corrected chi connectivity index (χ4v) is 8.47. The number of ether oxygens (including phenoxy) is 3. The van der Waals surface area contributed by atoms with Crippen molar-refractivity contribution in [1.29, 1.82) is 0 Å². The maximum atomic E-state index is 14.3. The minimum absolute atomic E-state index is 0.0212. The van der Waals surface area contributed by atoms with Crippen LogP contribution in [-0.2, 0) is 35.1 Å². The molecule has 0 aliphatic rings. The summed E-state index contributed by atoms with van der Waals surface area (Å²) in [7, 11) is -4.38. The van der Waals surface area contributed by atoms with E-state index < -0.39 is 43.9 Å². The zero-order valence-corrected chi connectivity index (χ0v) is 40.1. The van der Waals surface area contributed by atoms with Crippen molar-refractivity contribution in [2.75, 3.05) is 17.2 Å². The van der Waals surface area contributed by atoms with Crippen molar-refractivity contribution >= 4 is 56.4 Å². The van der Waals surface area contributed by atoms with Gasteiger partial charge in [0.15, 0.2) is 0 Å². The van der Waals surface area contributed by atoms with Crippen LogP contribution >= 0.6 is 11.6 Å². The van der Waals surface area contributed by atoms with E-state index in [1.165, 1.54) is 48.0 Å². The third-order valence-corrected chi connectivity index (χ3v) is 13.7. The van der Waals surface area contributed by atoms with Gasteiger partial charge in [-0.05, 0) is 102 Å². The number of esters is 1. The highest BCUT2D eigenvalue weighted by atomic mass is 35.5. The molecule has 0 aliphatic heterocycles. The molecule has 0 heterocycles. The zero-order valence-electron chi connectivity index (χ0n) is 38.5. The number of alkyl halides is 1. The molecule has 1 atom stereocenters. The molecule has 13 heteroatoms. The van der Waals surface area contributed by atoms with Gasteiger partial charge in [-0.2, -0.15) is 0 Å². The lowest BCUT2D eigenvalue weighted by atomic mass is 9.76. The summed E-state index contributed by atoms with van der Waals surface area (Å²) in [6.07, 6.45) is 2.08. The van der Waals surface area contributed by atoms with Gasteiger partial charge in [-0.3, -0.25) is 14.4 Å². The Labute approximate surface area is 388 Å². The topological polar surface area (TPSA) is 154 Å². The summed E-state index contributed by atoms with van der Waals surface area (Å²) in [5.41, 5.74) is 1.41. The van der Waals surface area contributed by atoms with Crippen LogP contribution in [-0.4, -0.2) is 43.7 Å². The van der Waals surface area contributed by atoms with Crippen LogP contribution in [0.25, 0.3) is 0 Å². The van der Waals surface area contributed by atoms with Gasteiger partial charge in [0, 0.05) is 29.2 Å². The first-order valence-corrected chi connectivity index (χ1v) is 23.5. The van der Waals surface area contributed by atoms with Crippen molar-refractivity contribution in [3.63, 3.8) is 0 Å². The predicted molar refractivity (Wildman–Crippen MR) is 255 cm³/mol. The molecule has 0 bridgehead atoms. The highest BCUT2D eigenvalue weighted by Crippen LogP contribution is 2.40. The van der Waals surface area contributed by atoms with E-state index in [0.717, 1.165) is 24.2 Å². The molecule has 2 N–H and O–H groups in total. The molecule has 0 fully saturated rings. The summed E-state index contributed by atoms with van der Waals surface area (Å²) >= 11 is 6.87. The summed E-state index contributed by atoms with van der Waals surface area (Å²) in [5.74, 6) is -2.24. The number of carbonyl (C=O) groups excluding carboxylic acids is 4. The predicted octanol–water partition coefficient (Wildman–Crippen LogP) is 11.5. The molecule has 0 saturated heterocycles. The standard InChI is InChI=1S/C52H59ClN2O9S/c1-10-50(6,7)36-24-30-43(41(33-36)51(8,9)11-2)62-32-18-23-45(56)55-42-34-39(64-52(53,47(58)49(3,4)5)48(59)54-37-21-16-13-17-22-37)27-31-44(42)65(60,61)40-28-25-38(26-29-40)63-46(57)35-19-14-12-15-20-35/h12-17,19-22,24-31,33-34H,10-11,18,23,32H2,1-9H3,(H,54,59)(H,55,56). The van der Waals surface area contributed by atoms with Gasteiger partial charge < -0.3 is 24.8 Å². The number of hydrogen-bond donors (Lipinski definition) is 2. The van der Waals surface area contributed by atoms with Crippen molar-refractivity contribution in [3.05, 3.63) is 138 Å². The van der Waals surface area contributed by atoms with E-state index >= 15 is 0 Å². The van der Waals surface area contributed by atoms with Gasteiger partial charge in [0.2, 0.25) is 21.5 Å². The molecule has 1 unspecified atom stereocenters. The molecule has 0 radical (unpaired) electrons. The van der Waals surface area contributed by atoms with Gasteiger partial charge >= 0.3 is 11.0 Å². The molecule has 2 amide bonds. The number of rotatable bonds is 19. The highest BCUT2D eigenvalue weighted by Gasteiger charge is 2.51. The second-order valence-electron chi connectivity index (χ2n) is 18.2. The molecule has 0 saturated carbocycles. The number of carbonyl (C=O) groups is 4. The van der Waals surface area contributed by atoms with Gasteiger partial charge in [0.1, 0.15) is 17.2 Å². The number of halogens is 1. The molecule has 5 rings (SSSR count). The maximum Gasteiger partial charge on any atom is 0.343 e. The molecular formula is C52H59ClN2O9S. The molecule has 0 spiro atoms. The Balaban J connectivity index is 1.44. The summed E-state index contributed by atoms with van der Waals surface area (Å²) in [5, 5.41) is 2.73. The van der Waals surface area contributed by atoms with Gasteiger partial charge in [-0.15, -0.1) is 0 Å². The third kappa shape index (κ3) is 12.2. The van der Waals surface area contributed by atoms with E-state index in [1.54, 1.807) is 81.4 Å². The fraction of sp³-hybridized carbons (Fsp3) is 0.346. The molecule has 0 aromatic heterocycles. The number of nitrogens with one attached hydrogen (secondary N) is 2. The molecule has 5 aromatic rings. The van der Waals surface area contributed by atoms with Crippen molar-refractivity contribution in [2.24, 2.45) is 5.41 Å². The van der Waals surface area contributed by atoms with Crippen LogP contribution in [0.1, 0.15) is 109 Å². The highest BCUT2D eigenvalue weighted by molar-refractivity contribution is 7.91. The van der Waals surface area contributed by atoms with Crippen molar-refractivity contribution in [2.45, 2.75) is 114 Å². The van der Waals surface area contributed by atoms with Crippen LogP contribution in [0.3, 0.4) is 0 Å². The Hall–Kier alpha value is -5.98. The zero-order chi connectivity index (χ0) is 47.8. The van der Waals surface area contributed by atoms with Crippen LogP contribution in [0.15, 0.2) is 131 Å². The Kier molecular flexibility index (Phi) is 15.7. The summed E-state index contributed by atoms with van der Waals surface area (Å²) in [6.45, 7) is 18.0. The van der Waals surface area contributed by atoms with Gasteiger partial charge in [0.05, 0.1) is 27.6 Å². The average molecular weight is 924 g/mol. The van der Waals surface area contributed by atoms with E-state index in [-0.39, 0.29) is 57.3 Å². The Morgan fingerprint density at radius 3 is 1.88 bits per heavy atom. The largest absolute Gasteiger partial charge is 0.493 e. The van der Waals surface area contributed by atoms with E-state index in [2.05, 4.69) is 64.3 Å². The lowest BCUT2D eigenvalue weighted by Gasteiger charge is -2.31. The number of benzene rings is 5. The quantitative estimate of drug-likeness (QED) is 0.0271. The number of Topliss-reactive ketones (excluding diaryl/α,β-unsaturated/α-hetero) is 1. The van der Waals surface area contributed by atoms with Crippen LogP contribution in [0.4, 0.5) is 11.4 Å². The number of hydrogen-bond acceptors (Lipinski definition) is 9. The first kappa shape index (κ1) is 50.0. The fourth-order valence-electron chi connectivity index (χ4n) is 6.66. The van der Waals surface area contributed by atoms with Crippen LogP contribution in [0.2, 0.25) is 0 Å². The number of sulfone groups is 1. The van der Waals surface area contributed by atoms with Gasteiger partial charge in [0.25, 0.3) is 5.91 Å². The minimum Gasteiger partial charge on any atom is -0.493 e. The van der Waals surface area contributed by atoms with Crippen LogP contribution in [0, 0.1) is 5.41 Å². The smallest absolute Gasteiger partial charge is 0.343 e. The van der Waals surface area contributed by atoms with E-state index in [1.807, 2.05) is 6.07 Å². The molecular weight excluding hydrogens is 864 g/mol. The van der Waals surface area contributed by atoms with Gasteiger partial charge in [-0.1, -0.05) is 122 Å². The van der Waals surface area contributed by atoms with E-state index in [9.17, 15) is 27.6 Å². The molecule has 0 aliphatic carbocycles. The number of amides is 2. The average Bonchev–Trinajstić information content (AvgIpc) is 3.28. The molecule has 344 valence electrons. The summed E-state index contributed by atoms with van der Waals surface area (Å²) in [6, 6.07) is 31.9. The molecule has 11 nitrogen and oxygen atoms in total. The van der Waals surface area contributed by atoms with Crippen molar-refractivity contribution in [1.82, 2.24) is 0 Å². The lowest BCUT2D eigenvalue weighted by molar-refractivity contribution is -0.144. The van der Waals surface area contributed by atoms with E-state index in [0.29, 0.717) is 11.3 Å². The lowest BCUT2D eigenvalue weighted by Crippen LogP contribution is -2.54. The maximum absolute atomic E-state index is 14.3. The Morgan fingerprint density at radius 1 is 0.677 bits per heavy atom. The van der Waals surface area contributed by atoms with Crippen LogP contribution < -0.4 is 24.8 Å². The van der Waals surface area contributed by atoms with Crippen molar-refractivity contribution in [3.8, 4) is 17.2 Å². The second kappa shape index (κ2) is 20.5. The Morgan fingerprint density at radius 2 is 1.28 bits per heavy atom. The summed E-state index contributed by atoms with van der Waals surface area (Å²) in [4.78, 5) is 53.5. The van der Waals surface area contributed by atoms with E-state index in [4.69, 9.17) is 25.8 Å². The monoisotopic (exact) mass is 922 g/mol. The number of anilines is 2. The van der Waals surface area contributed by atoms with Crippen molar-refractivity contribution < 1.29 is 41.8 Å². The normalized spacial score (nSPS) is 13.0. The molecule has 65 heavy (non-hydrogen) atoms. The third-order valence-electron chi connectivity index (χ3n) is 11.5. The molecule has 5 aromatic carbocycles. The summed E-state index contributed by atoms with van der Waals surface area (Å²) < 4.78 is 46.4. The Bertz CT molecular complexity index is 2610. The number of ketones is 1. The number of para-hydroxylation sites is 1. The van der Waals surface area contributed by atoms with Gasteiger partial charge in [-0.25, -0.2) is 13.2 Å². The van der Waals surface area contributed by atoms with Crippen LogP contribution in [0.5, 0.6) is 17.2 Å². The SMILES string of the molecule is CCC(C)(C)c1ccc(OCCCC(=O)Nc2cc(OC(Cl)(C(=O)Nc3ccccc3)C(=O)C(C)(C)C)ccc2S(=O)(=O)c2ccc(OC(=O)c3ccccc3)cc2)c(C(C)(C)CC)c1. The second-order valence-corrected chi connectivity index (χ2v) is 20.6. The first-order chi connectivity index (χ1) is 30.5.